The second-order valence-corrected chi connectivity index (χ2v) is 7.51. The number of hydrogen-bond donors (Lipinski definition) is 2. The summed E-state index contributed by atoms with van der Waals surface area (Å²) in [7, 11) is 1.31. The maximum atomic E-state index is 11.8. The second-order valence-electron chi connectivity index (χ2n) is 7.10. The number of benzene rings is 2. The number of nitrogens with one attached hydrogen (secondary N) is 1. The molecule has 2 aromatic rings. The van der Waals surface area contributed by atoms with Crippen LogP contribution in [-0.4, -0.2) is 30.8 Å². The Morgan fingerprint density at radius 1 is 1.21 bits per heavy atom. The Kier molecular flexibility index (Phi) is 5.20. The summed E-state index contributed by atoms with van der Waals surface area (Å²) in [6.45, 7) is -0.146. The van der Waals surface area contributed by atoms with Crippen molar-refractivity contribution in [3.8, 4) is 5.75 Å². The first kappa shape index (κ1) is 19.3. The Morgan fingerprint density at radius 2 is 1.97 bits per heavy atom. The average molecular weight is 414 g/mol. The number of carboxylic acids is 1. The van der Waals surface area contributed by atoms with E-state index in [9.17, 15) is 14.7 Å². The van der Waals surface area contributed by atoms with Crippen LogP contribution in [0.15, 0.2) is 48.6 Å². The van der Waals surface area contributed by atoms with Crippen molar-refractivity contribution in [3.63, 3.8) is 0 Å². The largest absolute Gasteiger partial charge is 0.482 e. The van der Waals surface area contributed by atoms with E-state index in [-0.39, 0.29) is 30.0 Å². The molecule has 0 fully saturated rings. The fourth-order valence-electron chi connectivity index (χ4n) is 4.16. The highest BCUT2D eigenvalue weighted by Gasteiger charge is 2.40. The van der Waals surface area contributed by atoms with Crippen LogP contribution in [0.3, 0.4) is 0 Å². The van der Waals surface area contributed by atoms with Gasteiger partial charge in [0, 0.05) is 5.92 Å². The van der Waals surface area contributed by atoms with Gasteiger partial charge in [-0.05, 0) is 47.7 Å². The highest BCUT2D eigenvalue weighted by molar-refractivity contribution is 6.33. The molecular weight excluding hydrogens is 394 g/mol. The maximum Gasteiger partial charge on any atom is 0.343 e. The van der Waals surface area contributed by atoms with Gasteiger partial charge in [0.1, 0.15) is 5.75 Å². The average Bonchev–Trinajstić information content (AvgIpc) is 3.22. The zero-order valence-electron chi connectivity index (χ0n) is 15.7. The van der Waals surface area contributed by atoms with E-state index in [0.29, 0.717) is 16.5 Å². The molecule has 0 saturated heterocycles. The molecule has 2 aromatic carbocycles. The van der Waals surface area contributed by atoms with Crippen LogP contribution in [0.4, 0.5) is 5.69 Å². The van der Waals surface area contributed by atoms with Gasteiger partial charge in [0.05, 0.1) is 29.4 Å². The van der Waals surface area contributed by atoms with Crippen LogP contribution in [0.2, 0.25) is 5.02 Å². The number of hydrogen-bond acceptors (Lipinski definition) is 5. The molecule has 1 aliphatic carbocycles. The molecule has 0 radical (unpaired) electrons. The highest BCUT2D eigenvalue weighted by atomic mass is 35.5. The van der Waals surface area contributed by atoms with Gasteiger partial charge < -0.3 is 19.9 Å². The van der Waals surface area contributed by atoms with Crippen molar-refractivity contribution in [1.82, 2.24) is 0 Å². The summed E-state index contributed by atoms with van der Waals surface area (Å²) in [6.07, 6.45) is 5.02. The van der Waals surface area contributed by atoms with Gasteiger partial charge in [0.15, 0.2) is 6.61 Å². The number of allylic oxidation sites excluding steroid dienone is 2. The summed E-state index contributed by atoms with van der Waals surface area (Å²) in [4.78, 5) is 23.0. The van der Waals surface area contributed by atoms with Crippen molar-refractivity contribution in [2.45, 2.75) is 18.4 Å². The first-order valence-electron chi connectivity index (χ1n) is 9.28. The number of ether oxygens (including phenoxy) is 2. The van der Waals surface area contributed by atoms with E-state index in [1.807, 2.05) is 24.3 Å². The summed E-state index contributed by atoms with van der Waals surface area (Å²) in [5.74, 6) is -0.660. The third kappa shape index (κ3) is 3.56. The molecule has 0 saturated carbocycles. The number of rotatable bonds is 5. The van der Waals surface area contributed by atoms with Crippen molar-refractivity contribution < 1.29 is 24.2 Å². The van der Waals surface area contributed by atoms with Gasteiger partial charge in [0.25, 0.3) is 0 Å². The first-order chi connectivity index (χ1) is 14.0. The van der Waals surface area contributed by atoms with Crippen LogP contribution in [-0.2, 0) is 9.53 Å². The molecule has 0 bridgehead atoms. The van der Waals surface area contributed by atoms with E-state index >= 15 is 0 Å². The zero-order chi connectivity index (χ0) is 20.5. The fourth-order valence-corrected chi connectivity index (χ4v) is 4.38. The number of carbonyl (C=O) groups is 2. The van der Waals surface area contributed by atoms with Gasteiger partial charge in [-0.15, -0.1) is 0 Å². The van der Waals surface area contributed by atoms with Crippen LogP contribution in [0.1, 0.15) is 39.9 Å². The Bertz CT molecular complexity index is 985. The molecule has 7 heteroatoms. The molecular formula is C22H20ClNO5. The molecule has 0 spiro atoms. The molecule has 0 aromatic heterocycles. The van der Waals surface area contributed by atoms with Gasteiger partial charge in [-0.1, -0.05) is 35.9 Å². The first-order valence-corrected chi connectivity index (χ1v) is 9.66. The topological polar surface area (TPSA) is 84.9 Å². The van der Waals surface area contributed by atoms with E-state index in [4.69, 9.17) is 16.3 Å². The van der Waals surface area contributed by atoms with Crippen molar-refractivity contribution >= 4 is 29.2 Å². The molecule has 1 heterocycles. The predicted octanol–water partition coefficient (Wildman–Crippen LogP) is 4.42. The standard InChI is InChI=1S/C22H20ClNO5/c1-28-18(25)11-29-13-7-5-12(6-8-13)20-15-4-2-3-14(15)19-16(22(26)27)9-10-17(23)21(19)24-20/h2-3,5-10,14-15,20,24H,4,11H2,1H3,(H,26,27)/t14?,15?,20-/m1/s1. The number of carbonyl (C=O) groups excluding carboxylic acids is 1. The number of carboxylic acid groups (broad SMARTS) is 1. The Labute approximate surface area is 173 Å². The molecule has 2 aliphatic rings. The van der Waals surface area contributed by atoms with Gasteiger partial charge in [0.2, 0.25) is 0 Å². The van der Waals surface area contributed by atoms with Crippen LogP contribution in [0, 0.1) is 5.92 Å². The quantitative estimate of drug-likeness (QED) is 0.557. The Balaban J connectivity index is 1.65. The Morgan fingerprint density at radius 3 is 2.66 bits per heavy atom. The SMILES string of the molecule is COC(=O)COc1ccc([C@H]2Nc3c(Cl)ccc(C(=O)O)c3C3C=CCC32)cc1. The molecule has 2 unspecified atom stereocenters. The van der Waals surface area contributed by atoms with Crippen LogP contribution in [0.25, 0.3) is 0 Å². The third-order valence-electron chi connectivity index (χ3n) is 5.52. The summed E-state index contributed by atoms with van der Waals surface area (Å²) in [6, 6.07) is 10.7. The molecule has 1 aliphatic heterocycles. The fraction of sp³-hybridized carbons (Fsp3) is 0.273. The molecule has 3 atom stereocenters. The van der Waals surface area contributed by atoms with Gasteiger partial charge >= 0.3 is 11.9 Å². The highest BCUT2D eigenvalue weighted by Crippen LogP contribution is 2.52. The third-order valence-corrected chi connectivity index (χ3v) is 5.84. The molecule has 2 N–H and O–H groups in total. The molecule has 150 valence electrons. The van der Waals surface area contributed by atoms with E-state index in [0.717, 1.165) is 17.5 Å². The normalized spacial score (nSPS) is 21.7. The van der Waals surface area contributed by atoms with E-state index in [2.05, 4.69) is 22.2 Å². The van der Waals surface area contributed by atoms with E-state index in [1.165, 1.54) is 7.11 Å². The lowest BCUT2D eigenvalue weighted by Gasteiger charge is -2.38. The molecule has 4 rings (SSSR count). The van der Waals surface area contributed by atoms with Crippen molar-refractivity contribution in [1.29, 1.82) is 0 Å². The number of aromatic carboxylic acids is 1. The lowest BCUT2D eigenvalue weighted by molar-refractivity contribution is -0.142. The minimum atomic E-state index is -0.954. The van der Waals surface area contributed by atoms with Gasteiger partial charge in [-0.25, -0.2) is 9.59 Å². The summed E-state index contributed by atoms with van der Waals surface area (Å²) >= 11 is 6.43. The van der Waals surface area contributed by atoms with Gasteiger partial charge in [-0.2, -0.15) is 0 Å². The predicted molar refractivity (Wildman–Crippen MR) is 109 cm³/mol. The van der Waals surface area contributed by atoms with E-state index < -0.39 is 11.9 Å². The summed E-state index contributed by atoms with van der Waals surface area (Å²) < 4.78 is 9.99. The number of methoxy groups -OCH3 is 1. The second kappa shape index (κ2) is 7.79. The maximum absolute atomic E-state index is 11.8. The number of fused-ring (bicyclic) bond motifs is 3. The number of anilines is 1. The zero-order valence-corrected chi connectivity index (χ0v) is 16.5. The minimum Gasteiger partial charge on any atom is -0.482 e. The van der Waals surface area contributed by atoms with Crippen molar-refractivity contribution in [2.75, 3.05) is 19.0 Å². The molecule has 6 nitrogen and oxygen atoms in total. The summed E-state index contributed by atoms with van der Waals surface area (Å²) in [5.41, 5.74) is 2.74. The minimum absolute atomic E-state index is 0.0173. The van der Waals surface area contributed by atoms with Crippen molar-refractivity contribution in [3.05, 3.63) is 70.3 Å². The lowest BCUT2D eigenvalue weighted by atomic mass is 9.75. The lowest BCUT2D eigenvalue weighted by Crippen LogP contribution is -2.30. The van der Waals surface area contributed by atoms with E-state index in [1.54, 1.807) is 12.1 Å². The van der Waals surface area contributed by atoms with Crippen LogP contribution < -0.4 is 10.1 Å². The number of halogens is 1. The van der Waals surface area contributed by atoms with Crippen LogP contribution in [0.5, 0.6) is 5.75 Å². The van der Waals surface area contributed by atoms with Crippen LogP contribution >= 0.6 is 11.6 Å². The van der Waals surface area contributed by atoms with Gasteiger partial charge in [-0.3, -0.25) is 0 Å². The monoisotopic (exact) mass is 413 g/mol. The number of esters is 1. The molecule has 0 amide bonds. The summed E-state index contributed by atoms with van der Waals surface area (Å²) in [5, 5.41) is 13.6. The smallest absolute Gasteiger partial charge is 0.343 e. The Hall–Kier alpha value is -2.99. The molecule has 29 heavy (non-hydrogen) atoms. The van der Waals surface area contributed by atoms with Crippen molar-refractivity contribution in [2.24, 2.45) is 5.92 Å².